The normalized spacial score (nSPS) is 11.0. The number of amides is 1. The molecule has 1 amide bonds. The van der Waals surface area contributed by atoms with E-state index in [2.05, 4.69) is 25.7 Å². The monoisotopic (exact) mass is 577 g/mol. The highest BCUT2D eigenvalue weighted by atomic mass is 16.1. The number of aromatic nitrogens is 7. The highest BCUT2D eigenvalue weighted by Gasteiger charge is 2.18. The van der Waals surface area contributed by atoms with Crippen LogP contribution in [0.5, 0.6) is 0 Å². The molecular weight excluding hydrogens is 550 g/mol. The summed E-state index contributed by atoms with van der Waals surface area (Å²) in [6, 6.07) is 33.2. The molecule has 0 atom stereocenters. The smallest absolute Gasteiger partial charge is 0.228 e. The van der Waals surface area contributed by atoms with Crippen LogP contribution < -0.4 is 10.6 Å². The Morgan fingerprint density at radius 2 is 1.64 bits per heavy atom. The number of benzene rings is 3. The summed E-state index contributed by atoms with van der Waals surface area (Å²) in [5, 5.41) is 10.6. The fourth-order valence-electron chi connectivity index (χ4n) is 5.10. The number of imidazole rings is 1. The summed E-state index contributed by atoms with van der Waals surface area (Å²) in [6.07, 6.45) is 7.21. The molecule has 0 aliphatic carbocycles. The lowest BCUT2D eigenvalue weighted by Crippen LogP contribution is -2.14. The van der Waals surface area contributed by atoms with Crippen LogP contribution in [0.2, 0.25) is 0 Å². The fraction of sp³-hybridized carbons (Fsp3) is 0.0588. The molecular formula is C34H27N9O. The molecule has 7 rings (SSSR count). The summed E-state index contributed by atoms with van der Waals surface area (Å²) in [7, 11) is 0. The van der Waals surface area contributed by atoms with Gasteiger partial charge in [-0.15, -0.1) is 0 Å². The fourth-order valence-corrected chi connectivity index (χ4v) is 5.10. The van der Waals surface area contributed by atoms with Gasteiger partial charge < -0.3 is 10.6 Å². The minimum atomic E-state index is -0.0829. The van der Waals surface area contributed by atoms with Crippen molar-refractivity contribution in [1.82, 2.24) is 34.1 Å². The first-order valence-corrected chi connectivity index (χ1v) is 14.1. The van der Waals surface area contributed by atoms with E-state index in [9.17, 15) is 4.79 Å². The van der Waals surface area contributed by atoms with Gasteiger partial charge >= 0.3 is 0 Å². The van der Waals surface area contributed by atoms with Crippen molar-refractivity contribution in [3.05, 3.63) is 139 Å². The summed E-state index contributed by atoms with van der Waals surface area (Å²) in [5.41, 5.74) is 7.48. The van der Waals surface area contributed by atoms with Gasteiger partial charge in [-0.3, -0.25) is 9.20 Å². The molecule has 4 heterocycles. The Balaban J connectivity index is 1.19. The van der Waals surface area contributed by atoms with E-state index in [0.717, 1.165) is 39.4 Å². The molecule has 0 fully saturated rings. The van der Waals surface area contributed by atoms with Crippen molar-refractivity contribution in [3.8, 4) is 22.6 Å². The number of nitrogens with zero attached hydrogens (tertiary/aromatic N) is 7. The molecule has 2 N–H and O–H groups in total. The van der Waals surface area contributed by atoms with E-state index in [0.29, 0.717) is 30.3 Å². The summed E-state index contributed by atoms with van der Waals surface area (Å²) >= 11 is 0. The van der Waals surface area contributed by atoms with E-state index < -0.39 is 0 Å². The van der Waals surface area contributed by atoms with Crippen molar-refractivity contribution in [2.24, 2.45) is 0 Å². The van der Waals surface area contributed by atoms with E-state index in [4.69, 9.17) is 9.97 Å². The van der Waals surface area contributed by atoms with Crippen LogP contribution in [-0.4, -0.2) is 40.0 Å². The molecule has 0 aliphatic rings. The third kappa shape index (κ3) is 5.90. The molecule has 0 radical (unpaired) electrons. The minimum Gasteiger partial charge on any atom is -0.326 e. The number of pyridine rings is 1. The first kappa shape index (κ1) is 26.7. The van der Waals surface area contributed by atoms with Crippen molar-refractivity contribution in [2.45, 2.75) is 13.0 Å². The van der Waals surface area contributed by atoms with Gasteiger partial charge in [-0.1, -0.05) is 60.7 Å². The van der Waals surface area contributed by atoms with Crippen LogP contribution in [0.25, 0.3) is 28.3 Å². The molecule has 3 aromatic carbocycles. The highest BCUT2D eigenvalue weighted by Crippen LogP contribution is 2.33. The van der Waals surface area contributed by atoms with Crippen LogP contribution in [0, 0.1) is 0 Å². The zero-order valence-corrected chi connectivity index (χ0v) is 23.6. The van der Waals surface area contributed by atoms with E-state index >= 15 is 0 Å². The molecule has 0 aliphatic heterocycles. The van der Waals surface area contributed by atoms with Crippen molar-refractivity contribution < 1.29 is 4.79 Å². The molecule has 10 nitrogen and oxygen atoms in total. The van der Waals surface area contributed by atoms with Gasteiger partial charge in [0.25, 0.3) is 0 Å². The Bertz CT molecular complexity index is 2050. The number of nitrogens with one attached hydrogen (secondary N) is 2. The standard InChI is InChI=1S/C34H27N9O/c44-31(19-24-8-2-1-3-9-24)38-28-13-7-11-26(20-28)32-33(43-17-5-4-14-30(43)41-32)29-15-16-36-34(40-29)39-27-12-6-10-25(18-27)21-42-23-35-22-37-42/h1-18,20,22-23H,19,21H2,(H,38,44)(H,36,39,40). The predicted octanol–water partition coefficient (Wildman–Crippen LogP) is 6.02. The van der Waals surface area contributed by atoms with E-state index in [1.54, 1.807) is 17.2 Å². The largest absolute Gasteiger partial charge is 0.326 e. The maximum Gasteiger partial charge on any atom is 0.228 e. The van der Waals surface area contributed by atoms with Crippen molar-refractivity contribution in [1.29, 1.82) is 0 Å². The lowest BCUT2D eigenvalue weighted by molar-refractivity contribution is -0.115. The topological polar surface area (TPSA) is 115 Å². The van der Waals surface area contributed by atoms with Gasteiger partial charge in [-0.25, -0.2) is 24.6 Å². The van der Waals surface area contributed by atoms with Crippen LogP contribution in [0.4, 0.5) is 17.3 Å². The summed E-state index contributed by atoms with van der Waals surface area (Å²) in [6.45, 7) is 0.605. The first-order valence-electron chi connectivity index (χ1n) is 14.1. The number of rotatable bonds is 9. The second-order valence-electron chi connectivity index (χ2n) is 10.2. The van der Waals surface area contributed by atoms with Gasteiger partial charge in [0.05, 0.1) is 30.0 Å². The summed E-state index contributed by atoms with van der Waals surface area (Å²) in [4.78, 5) is 31.1. The Morgan fingerprint density at radius 3 is 2.52 bits per heavy atom. The van der Waals surface area contributed by atoms with Gasteiger partial charge in [-0.2, -0.15) is 5.10 Å². The van der Waals surface area contributed by atoms with Crippen molar-refractivity contribution in [2.75, 3.05) is 10.6 Å². The second kappa shape index (κ2) is 12.0. The number of anilines is 3. The maximum atomic E-state index is 12.8. The van der Waals surface area contributed by atoms with Gasteiger partial charge in [0.2, 0.25) is 11.9 Å². The van der Waals surface area contributed by atoms with E-state index in [-0.39, 0.29) is 5.91 Å². The van der Waals surface area contributed by atoms with Crippen molar-refractivity contribution in [3.63, 3.8) is 0 Å². The number of carbonyl (C=O) groups excluding carboxylic acids is 1. The van der Waals surface area contributed by atoms with Crippen molar-refractivity contribution >= 4 is 28.9 Å². The molecule has 0 bridgehead atoms. The summed E-state index contributed by atoms with van der Waals surface area (Å²) in [5.74, 6) is 0.375. The zero-order valence-electron chi connectivity index (χ0n) is 23.6. The third-order valence-corrected chi connectivity index (χ3v) is 7.05. The van der Waals surface area contributed by atoms with Crippen LogP contribution in [0.1, 0.15) is 11.1 Å². The van der Waals surface area contributed by atoms with Crippen LogP contribution >= 0.6 is 0 Å². The Hall–Kier alpha value is -6.16. The van der Waals surface area contributed by atoms with Gasteiger partial charge in [0.15, 0.2) is 0 Å². The minimum absolute atomic E-state index is 0.0829. The molecule has 4 aromatic heterocycles. The number of carbonyl (C=O) groups is 1. The highest BCUT2D eigenvalue weighted by molar-refractivity contribution is 5.93. The quantitative estimate of drug-likeness (QED) is 0.216. The molecule has 10 heteroatoms. The Kier molecular flexibility index (Phi) is 7.28. The van der Waals surface area contributed by atoms with Crippen LogP contribution in [-0.2, 0) is 17.8 Å². The lowest BCUT2D eigenvalue weighted by atomic mass is 10.1. The van der Waals surface area contributed by atoms with Gasteiger partial charge in [-0.05, 0) is 53.6 Å². The summed E-state index contributed by atoms with van der Waals surface area (Å²) < 4.78 is 3.78. The molecule has 214 valence electrons. The average Bonchev–Trinajstić information content (AvgIpc) is 3.70. The Morgan fingerprint density at radius 1 is 0.795 bits per heavy atom. The first-order chi connectivity index (χ1) is 21.7. The molecule has 0 saturated carbocycles. The molecule has 7 aromatic rings. The van der Waals surface area contributed by atoms with Gasteiger partial charge in [0, 0.05) is 29.3 Å². The second-order valence-corrected chi connectivity index (χ2v) is 10.2. The number of hydrogen-bond acceptors (Lipinski definition) is 7. The maximum absolute atomic E-state index is 12.8. The van der Waals surface area contributed by atoms with Crippen LogP contribution in [0.15, 0.2) is 128 Å². The molecule has 0 unspecified atom stereocenters. The Labute approximate surface area is 253 Å². The van der Waals surface area contributed by atoms with Gasteiger partial charge in [0.1, 0.15) is 18.3 Å². The van der Waals surface area contributed by atoms with E-state index in [1.807, 2.05) is 114 Å². The number of fused-ring (bicyclic) bond motifs is 1. The number of hydrogen-bond donors (Lipinski definition) is 2. The molecule has 44 heavy (non-hydrogen) atoms. The average molecular weight is 578 g/mol. The molecule has 0 spiro atoms. The van der Waals surface area contributed by atoms with E-state index in [1.165, 1.54) is 6.33 Å². The molecule has 0 saturated heterocycles. The SMILES string of the molecule is O=C(Cc1ccccc1)Nc1cccc(-c2nc3ccccn3c2-c2ccnc(Nc3cccc(Cn4cncn4)c3)n2)c1. The third-order valence-electron chi connectivity index (χ3n) is 7.05. The predicted molar refractivity (Wildman–Crippen MR) is 169 cm³/mol. The zero-order chi connectivity index (χ0) is 29.7. The lowest BCUT2D eigenvalue weighted by Gasteiger charge is -2.10. The van der Waals surface area contributed by atoms with Crippen LogP contribution in [0.3, 0.4) is 0 Å².